The van der Waals surface area contributed by atoms with Crippen molar-refractivity contribution >= 4 is 10.8 Å². The van der Waals surface area contributed by atoms with Crippen LogP contribution >= 0.6 is 0 Å². The summed E-state index contributed by atoms with van der Waals surface area (Å²) in [6.07, 6.45) is 0. The molecular weight excluding hydrogens is 262 g/mol. The Morgan fingerprint density at radius 3 is 2.38 bits per heavy atom. The van der Waals surface area contributed by atoms with E-state index in [9.17, 15) is 0 Å². The third kappa shape index (κ3) is 4.19. The van der Waals surface area contributed by atoms with Gasteiger partial charge in [-0.05, 0) is 40.5 Å². The summed E-state index contributed by atoms with van der Waals surface area (Å²) in [4.78, 5) is 0. The first kappa shape index (κ1) is 15.8. The summed E-state index contributed by atoms with van der Waals surface area (Å²) in [5.41, 5.74) is 1.29. The predicted molar refractivity (Wildman–Crippen MR) is 87.8 cm³/mol. The highest BCUT2D eigenvalue weighted by Gasteiger charge is 2.12. The zero-order valence-corrected chi connectivity index (χ0v) is 13.3. The van der Waals surface area contributed by atoms with Crippen LogP contribution in [-0.4, -0.2) is 26.9 Å². The second kappa shape index (κ2) is 7.43. The van der Waals surface area contributed by atoms with E-state index in [-0.39, 0.29) is 0 Å². The largest absolute Gasteiger partial charge is 0.497 e. The van der Waals surface area contributed by atoms with Crippen molar-refractivity contribution in [3.05, 3.63) is 42.0 Å². The van der Waals surface area contributed by atoms with Gasteiger partial charge in [0, 0.05) is 19.7 Å². The maximum absolute atomic E-state index is 5.27. The molecule has 0 amide bonds. The first-order chi connectivity index (χ1) is 10.1. The summed E-state index contributed by atoms with van der Waals surface area (Å²) in [5.74, 6) is 1.45. The molecule has 0 radical (unpaired) electrons. The van der Waals surface area contributed by atoms with Gasteiger partial charge in [-0.1, -0.05) is 32.0 Å². The first-order valence-corrected chi connectivity index (χ1v) is 7.43. The highest BCUT2D eigenvalue weighted by molar-refractivity contribution is 5.84. The lowest BCUT2D eigenvalue weighted by Crippen LogP contribution is -2.37. The van der Waals surface area contributed by atoms with E-state index in [0.29, 0.717) is 12.0 Å². The second-order valence-electron chi connectivity index (χ2n) is 5.73. The van der Waals surface area contributed by atoms with Crippen molar-refractivity contribution in [1.82, 2.24) is 5.32 Å². The van der Waals surface area contributed by atoms with Crippen LogP contribution in [0.25, 0.3) is 10.8 Å². The van der Waals surface area contributed by atoms with E-state index in [1.807, 2.05) is 6.07 Å². The molecule has 1 atom stereocenters. The fraction of sp³-hybridized carbons (Fsp3) is 0.444. The minimum atomic E-state index is 0.376. The van der Waals surface area contributed by atoms with E-state index in [2.05, 4.69) is 49.5 Å². The highest BCUT2D eigenvalue weighted by Crippen LogP contribution is 2.22. The Bertz CT molecular complexity index is 580. The van der Waals surface area contributed by atoms with Crippen LogP contribution in [0.3, 0.4) is 0 Å². The lowest BCUT2D eigenvalue weighted by atomic mass is 10.0. The van der Waals surface area contributed by atoms with Crippen molar-refractivity contribution < 1.29 is 9.47 Å². The Morgan fingerprint density at radius 1 is 1.00 bits per heavy atom. The zero-order chi connectivity index (χ0) is 15.2. The Kier molecular flexibility index (Phi) is 5.59. The van der Waals surface area contributed by atoms with Gasteiger partial charge in [0.25, 0.3) is 0 Å². The quantitative estimate of drug-likeness (QED) is 0.844. The SMILES string of the molecule is COCC(NCc1ccc2cc(OC)ccc2c1)C(C)C. The predicted octanol–water partition coefficient (Wildman–Crippen LogP) is 3.61. The monoisotopic (exact) mass is 287 g/mol. The van der Waals surface area contributed by atoms with E-state index in [0.717, 1.165) is 18.9 Å². The summed E-state index contributed by atoms with van der Waals surface area (Å²) < 4.78 is 10.5. The summed E-state index contributed by atoms with van der Waals surface area (Å²) in [7, 11) is 3.45. The Balaban J connectivity index is 2.08. The normalized spacial score (nSPS) is 12.8. The fourth-order valence-electron chi connectivity index (χ4n) is 2.43. The number of rotatable bonds is 7. The molecule has 0 spiro atoms. The van der Waals surface area contributed by atoms with Crippen LogP contribution in [0.4, 0.5) is 0 Å². The molecule has 0 heterocycles. The Labute approximate surface area is 127 Å². The molecule has 0 aliphatic heterocycles. The molecule has 3 heteroatoms. The molecular formula is C18H25NO2. The molecule has 114 valence electrons. The molecule has 0 saturated carbocycles. The molecule has 1 N–H and O–H groups in total. The molecule has 3 nitrogen and oxygen atoms in total. The van der Waals surface area contributed by atoms with Gasteiger partial charge in [-0.2, -0.15) is 0 Å². The number of methoxy groups -OCH3 is 2. The average Bonchev–Trinajstić information content (AvgIpc) is 2.50. The topological polar surface area (TPSA) is 30.5 Å². The lowest BCUT2D eigenvalue weighted by molar-refractivity contribution is 0.146. The van der Waals surface area contributed by atoms with Gasteiger partial charge in [-0.15, -0.1) is 0 Å². The van der Waals surface area contributed by atoms with Gasteiger partial charge in [-0.3, -0.25) is 0 Å². The number of hydrogen-bond acceptors (Lipinski definition) is 3. The molecule has 0 aliphatic carbocycles. The summed E-state index contributed by atoms with van der Waals surface area (Å²) in [5, 5.41) is 6.02. The summed E-state index contributed by atoms with van der Waals surface area (Å²) in [6, 6.07) is 13.1. The van der Waals surface area contributed by atoms with Crippen molar-refractivity contribution in [2.75, 3.05) is 20.8 Å². The van der Waals surface area contributed by atoms with E-state index in [4.69, 9.17) is 9.47 Å². The number of benzene rings is 2. The first-order valence-electron chi connectivity index (χ1n) is 7.43. The standard InChI is InChI=1S/C18H25NO2/c1-13(2)18(12-20-3)19-11-14-5-6-16-10-17(21-4)8-7-15(16)9-14/h5-10,13,18-19H,11-12H2,1-4H3. The van der Waals surface area contributed by atoms with E-state index < -0.39 is 0 Å². The molecule has 0 aromatic heterocycles. The second-order valence-corrected chi connectivity index (χ2v) is 5.73. The van der Waals surface area contributed by atoms with Gasteiger partial charge in [0.15, 0.2) is 0 Å². The summed E-state index contributed by atoms with van der Waals surface area (Å²) >= 11 is 0. The molecule has 2 aromatic carbocycles. The Hall–Kier alpha value is -1.58. The van der Waals surface area contributed by atoms with Gasteiger partial charge in [0.2, 0.25) is 0 Å². The van der Waals surface area contributed by atoms with Crippen LogP contribution in [0, 0.1) is 5.92 Å². The van der Waals surface area contributed by atoms with Crippen LogP contribution in [0.1, 0.15) is 19.4 Å². The Morgan fingerprint density at radius 2 is 1.71 bits per heavy atom. The van der Waals surface area contributed by atoms with Gasteiger partial charge in [0.1, 0.15) is 5.75 Å². The van der Waals surface area contributed by atoms with E-state index in [1.54, 1.807) is 14.2 Å². The van der Waals surface area contributed by atoms with Crippen molar-refractivity contribution in [3.63, 3.8) is 0 Å². The van der Waals surface area contributed by atoms with Crippen molar-refractivity contribution in [3.8, 4) is 5.75 Å². The molecule has 0 bridgehead atoms. The molecule has 0 saturated heterocycles. The minimum absolute atomic E-state index is 0.376. The van der Waals surface area contributed by atoms with Crippen LogP contribution in [0.2, 0.25) is 0 Å². The van der Waals surface area contributed by atoms with Crippen LogP contribution in [0.5, 0.6) is 5.75 Å². The number of nitrogens with one attached hydrogen (secondary N) is 1. The maximum atomic E-state index is 5.27. The van der Waals surface area contributed by atoms with Gasteiger partial charge < -0.3 is 14.8 Å². The van der Waals surface area contributed by atoms with E-state index >= 15 is 0 Å². The van der Waals surface area contributed by atoms with Crippen molar-refractivity contribution in [2.45, 2.75) is 26.4 Å². The van der Waals surface area contributed by atoms with Gasteiger partial charge in [-0.25, -0.2) is 0 Å². The van der Waals surface area contributed by atoms with E-state index in [1.165, 1.54) is 16.3 Å². The number of fused-ring (bicyclic) bond motifs is 1. The minimum Gasteiger partial charge on any atom is -0.497 e. The number of hydrogen-bond donors (Lipinski definition) is 1. The third-order valence-electron chi connectivity index (χ3n) is 3.83. The maximum Gasteiger partial charge on any atom is 0.119 e. The fourth-order valence-corrected chi connectivity index (χ4v) is 2.43. The molecule has 2 aromatic rings. The van der Waals surface area contributed by atoms with Crippen LogP contribution < -0.4 is 10.1 Å². The third-order valence-corrected chi connectivity index (χ3v) is 3.83. The lowest BCUT2D eigenvalue weighted by Gasteiger charge is -2.21. The molecule has 21 heavy (non-hydrogen) atoms. The molecule has 0 aliphatic rings. The summed E-state index contributed by atoms with van der Waals surface area (Å²) in [6.45, 7) is 6.02. The van der Waals surface area contributed by atoms with Gasteiger partial charge in [0.05, 0.1) is 13.7 Å². The van der Waals surface area contributed by atoms with Crippen LogP contribution in [-0.2, 0) is 11.3 Å². The van der Waals surface area contributed by atoms with Crippen molar-refractivity contribution in [2.24, 2.45) is 5.92 Å². The molecule has 0 fully saturated rings. The molecule has 1 unspecified atom stereocenters. The van der Waals surface area contributed by atoms with Crippen LogP contribution in [0.15, 0.2) is 36.4 Å². The average molecular weight is 287 g/mol. The zero-order valence-electron chi connectivity index (χ0n) is 13.3. The highest BCUT2D eigenvalue weighted by atomic mass is 16.5. The smallest absolute Gasteiger partial charge is 0.119 e. The molecule has 2 rings (SSSR count). The van der Waals surface area contributed by atoms with Gasteiger partial charge >= 0.3 is 0 Å². The number of ether oxygens (including phenoxy) is 2. The van der Waals surface area contributed by atoms with Crippen molar-refractivity contribution in [1.29, 1.82) is 0 Å².